The number of halogens is 4. The standard InChI is InChI=1S/C21H16ClF3N6O/c1-11-6-7-12(19(32)27-14-5-3-4-13(9-14)21(23,24)25)8-16(11)28-17-15-10-26-20(22)29-18(15)31(2)30-17/h3-10H,1-2H3,(H,27,32)(H,28,30). The molecule has 1 amide bonds. The summed E-state index contributed by atoms with van der Waals surface area (Å²) in [7, 11) is 1.71. The van der Waals surface area contributed by atoms with Gasteiger partial charge in [-0.2, -0.15) is 23.3 Å². The topological polar surface area (TPSA) is 84.7 Å². The van der Waals surface area contributed by atoms with Crippen LogP contribution in [0.2, 0.25) is 5.28 Å². The molecule has 2 aromatic carbocycles. The van der Waals surface area contributed by atoms with Crippen LogP contribution in [0.15, 0.2) is 48.7 Å². The molecule has 32 heavy (non-hydrogen) atoms. The van der Waals surface area contributed by atoms with E-state index < -0.39 is 17.6 Å². The largest absolute Gasteiger partial charge is 0.416 e. The van der Waals surface area contributed by atoms with Crippen LogP contribution in [0.25, 0.3) is 11.0 Å². The second-order valence-electron chi connectivity index (χ2n) is 7.04. The van der Waals surface area contributed by atoms with Crippen LogP contribution in [0.5, 0.6) is 0 Å². The molecular formula is C21H16ClF3N6O. The number of carbonyl (C=O) groups is 1. The van der Waals surface area contributed by atoms with Crippen LogP contribution in [0, 0.1) is 6.92 Å². The van der Waals surface area contributed by atoms with Gasteiger partial charge >= 0.3 is 6.18 Å². The molecule has 2 N–H and O–H groups in total. The highest BCUT2D eigenvalue weighted by Gasteiger charge is 2.30. The molecule has 0 radical (unpaired) electrons. The Bertz CT molecular complexity index is 1340. The van der Waals surface area contributed by atoms with Gasteiger partial charge in [0.15, 0.2) is 11.5 Å². The average Bonchev–Trinajstić information content (AvgIpc) is 3.03. The maximum Gasteiger partial charge on any atom is 0.416 e. The molecule has 2 heterocycles. The van der Waals surface area contributed by atoms with E-state index in [0.29, 0.717) is 22.5 Å². The zero-order valence-corrected chi connectivity index (χ0v) is 17.6. The number of benzene rings is 2. The van der Waals surface area contributed by atoms with Gasteiger partial charge in [-0.1, -0.05) is 12.1 Å². The predicted octanol–water partition coefficient (Wildman–Crippen LogP) is 5.34. The van der Waals surface area contributed by atoms with Gasteiger partial charge < -0.3 is 10.6 Å². The number of alkyl halides is 3. The fraction of sp³-hybridized carbons (Fsp3) is 0.143. The highest BCUT2D eigenvalue weighted by atomic mass is 35.5. The van der Waals surface area contributed by atoms with E-state index >= 15 is 0 Å². The van der Waals surface area contributed by atoms with Crippen molar-refractivity contribution in [2.45, 2.75) is 13.1 Å². The van der Waals surface area contributed by atoms with Gasteiger partial charge in [-0.3, -0.25) is 4.79 Å². The monoisotopic (exact) mass is 460 g/mol. The lowest BCUT2D eigenvalue weighted by molar-refractivity contribution is -0.137. The van der Waals surface area contributed by atoms with Crippen LogP contribution in [0.1, 0.15) is 21.5 Å². The van der Waals surface area contributed by atoms with E-state index in [1.165, 1.54) is 12.1 Å². The lowest BCUT2D eigenvalue weighted by Crippen LogP contribution is -2.13. The normalized spacial score (nSPS) is 11.6. The molecule has 0 atom stereocenters. The van der Waals surface area contributed by atoms with Crippen LogP contribution in [0.4, 0.5) is 30.4 Å². The number of amides is 1. The highest BCUT2D eigenvalue weighted by Crippen LogP contribution is 2.31. The quantitative estimate of drug-likeness (QED) is 0.401. The number of aromatic nitrogens is 4. The van der Waals surface area contributed by atoms with Crippen LogP contribution in [0.3, 0.4) is 0 Å². The third-order valence-corrected chi connectivity index (χ3v) is 4.93. The molecule has 0 aliphatic carbocycles. The first-order chi connectivity index (χ1) is 15.1. The summed E-state index contributed by atoms with van der Waals surface area (Å²) in [6.07, 6.45) is -2.96. The molecule has 0 aliphatic rings. The number of nitrogens with one attached hydrogen (secondary N) is 2. The van der Waals surface area contributed by atoms with Crippen LogP contribution < -0.4 is 10.6 Å². The molecule has 0 spiro atoms. The Morgan fingerprint density at radius 3 is 2.69 bits per heavy atom. The molecule has 0 bridgehead atoms. The van der Waals surface area contributed by atoms with Gasteiger partial charge in [0.05, 0.1) is 10.9 Å². The minimum Gasteiger partial charge on any atom is -0.338 e. The summed E-state index contributed by atoms with van der Waals surface area (Å²) in [4.78, 5) is 20.8. The van der Waals surface area contributed by atoms with Crippen molar-refractivity contribution in [1.82, 2.24) is 19.7 Å². The van der Waals surface area contributed by atoms with Crippen molar-refractivity contribution in [3.05, 3.63) is 70.6 Å². The van der Waals surface area contributed by atoms with Crippen molar-refractivity contribution in [1.29, 1.82) is 0 Å². The van der Waals surface area contributed by atoms with E-state index in [0.717, 1.165) is 17.7 Å². The van der Waals surface area contributed by atoms with Gasteiger partial charge in [0.1, 0.15) is 0 Å². The summed E-state index contributed by atoms with van der Waals surface area (Å²) in [6.45, 7) is 1.84. The van der Waals surface area contributed by atoms with Gasteiger partial charge in [-0.15, -0.1) is 0 Å². The van der Waals surface area contributed by atoms with E-state index in [-0.39, 0.29) is 16.5 Å². The summed E-state index contributed by atoms with van der Waals surface area (Å²) in [5.41, 5.74) is 1.42. The number of nitrogens with zero attached hydrogens (tertiary/aromatic N) is 4. The third kappa shape index (κ3) is 4.35. The molecule has 7 nitrogen and oxygen atoms in total. The van der Waals surface area contributed by atoms with E-state index in [4.69, 9.17) is 11.6 Å². The number of hydrogen-bond acceptors (Lipinski definition) is 5. The molecule has 4 aromatic rings. The van der Waals surface area contributed by atoms with Crippen molar-refractivity contribution in [2.24, 2.45) is 7.05 Å². The Kier molecular flexibility index (Phi) is 5.47. The number of aryl methyl sites for hydroxylation is 2. The van der Waals surface area contributed by atoms with Crippen molar-refractivity contribution in [3.63, 3.8) is 0 Å². The molecule has 2 aromatic heterocycles. The van der Waals surface area contributed by atoms with Crippen molar-refractivity contribution >= 4 is 45.7 Å². The van der Waals surface area contributed by atoms with Gasteiger partial charge in [-0.25, -0.2) is 9.67 Å². The first kappa shape index (κ1) is 21.6. The first-order valence-electron chi connectivity index (χ1n) is 9.33. The molecule has 0 saturated heterocycles. The summed E-state index contributed by atoms with van der Waals surface area (Å²) in [5.74, 6) is -0.0777. The zero-order valence-electron chi connectivity index (χ0n) is 16.8. The lowest BCUT2D eigenvalue weighted by Gasteiger charge is -2.12. The minimum absolute atomic E-state index is 0.0460. The van der Waals surface area contributed by atoms with E-state index in [9.17, 15) is 18.0 Å². The van der Waals surface area contributed by atoms with Gasteiger partial charge in [0.2, 0.25) is 5.28 Å². The Balaban J connectivity index is 1.60. The Hall–Kier alpha value is -3.66. The molecule has 164 valence electrons. The van der Waals surface area contributed by atoms with Crippen LogP contribution in [-0.4, -0.2) is 25.7 Å². The second kappa shape index (κ2) is 8.12. The summed E-state index contributed by atoms with van der Waals surface area (Å²) in [5, 5.41) is 10.8. The minimum atomic E-state index is -4.50. The Morgan fingerprint density at radius 2 is 1.94 bits per heavy atom. The summed E-state index contributed by atoms with van der Waals surface area (Å²) in [6, 6.07) is 9.36. The fourth-order valence-corrected chi connectivity index (χ4v) is 3.24. The average molecular weight is 461 g/mol. The smallest absolute Gasteiger partial charge is 0.338 e. The third-order valence-electron chi connectivity index (χ3n) is 4.75. The highest BCUT2D eigenvalue weighted by molar-refractivity contribution is 6.28. The van der Waals surface area contributed by atoms with Crippen molar-refractivity contribution < 1.29 is 18.0 Å². The zero-order chi connectivity index (χ0) is 23.0. The van der Waals surface area contributed by atoms with E-state index in [1.807, 2.05) is 6.92 Å². The van der Waals surface area contributed by atoms with Gasteiger partial charge in [-0.05, 0) is 54.4 Å². The first-order valence-corrected chi connectivity index (χ1v) is 9.71. The van der Waals surface area contributed by atoms with Gasteiger partial charge in [0, 0.05) is 30.2 Å². The SMILES string of the molecule is Cc1ccc(C(=O)Nc2cccc(C(F)(F)F)c2)cc1Nc1nn(C)c2nc(Cl)ncc12. The fourth-order valence-electron chi connectivity index (χ4n) is 3.11. The van der Waals surface area contributed by atoms with Crippen LogP contribution >= 0.6 is 11.6 Å². The lowest BCUT2D eigenvalue weighted by atomic mass is 10.1. The summed E-state index contributed by atoms with van der Waals surface area (Å²) < 4.78 is 40.3. The second-order valence-corrected chi connectivity index (χ2v) is 7.37. The Morgan fingerprint density at radius 1 is 1.16 bits per heavy atom. The van der Waals surface area contributed by atoms with Crippen molar-refractivity contribution in [2.75, 3.05) is 10.6 Å². The molecule has 4 rings (SSSR count). The number of hydrogen-bond donors (Lipinski definition) is 2. The molecule has 11 heteroatoms. The van der Waals surface area contributed by atoms with E-state index in [2.05, 4.69) is 25.7 Å². The van der Waals surface area contributed by atoms with Crippen molar-refractivity contribution in [3.8, 4) is 0 Å². The molecule has 0 fully saturated rings. The molecule has 0 unspecified atom stereocenters. The van der Waals surface area contributed by atoms with Crippen LogP contribution in [-0.2, 0) is 13.2 Å². The maximum atomic E-state index is 12.9. The Labute approximate surface area is 185 Å². The molecular weight excluding hydrogens is 445 g/mol. The van der Waals surface area contributed by atoms with E-state index in [1.54, 1.807) is 36.1 Å². The number of rotatable bonds is 4. The number of carbonyl (C=O) groups excluding carboxylic acids is 1. The summed E-state index contributed by atoms with van der Waals surface area (Å²) >= 11 is 5.85. The maximum absolute atomic E-state index is 12.9. The van der Waals surface area contributed by atoms with Gasteiger partial charge in [0.25, 0.3) is 5.91 Å². The molecule has 0 saturated carbocycles. The predicted molar refractivity (Wildman–Crippen MR) is 115 cm³/mol. The molecule has 0 aliphatic heterocycles. The number of fused-ring (bicyclic) bond motifs is 1. The number of anilines is 3.